The van der Waals surface area contributed by atoms with Crippen molar-refractivity contribution in [3.63, 3.8) is 0 Å². The second-order valence-corrected chi connectivity index (χ2v) is 8.10. The lowest BCUT2D eigenvalue weighted by Gasteiger charge is -2.11. The summed E-state index contributed by atoms with van der Waals surface area (Å²) < 4.78 is 22.4. The summed E-state index contributed by atoms with van der Waals surface area (Å²) >= 11 is 5.22. The van der Waals surface area contributed by atoms with Crippen molar-refractivity contribution >= 4 is 37.4 Å². The Hall–Kier alpha value is -2.17. The SMILES string of the molecule is Fc1cc(OCc2ccccc2)c(Br)cc1Cc1cc2ccccc2s1. The number of rotatable bonds is 5. The van der Waals surface area contributed by atoms with E-state index in [-0.39, 0.29) is 5.82 Å². The Bertz CT molecular complexity index is 1010. The highest BCUT2D eigenvalue weighted by Gasteiger charge is 2.12. The normalized spacial score (nSPS) is 11.0. The predicted molar refractivity (Wildman–Crippen MR) is 110 cm³/mol. The first-order valence-corrected chi connectivity index (χ1v) is 9.92. The van der Waals surface area contributed by atoms with Crippen LogP contribution in [0.2, 0.25) is 0 Å². The summed E-state index contributed by atoms with van der Waals surface area (Å²) in [6, 6.07) is 23.5. The van der Waals surface area contributed by atoms with Crippen LogP contribution in [-0.4, -0.2) is 0 Å². The molecule has 0 unspecified atom stereocenters. The zero-order valence-electron chi connectivity index (χ0n) is 13.9. The van der Waals surface area contributed by atoms with Gasteiger partial charge in [0.1, 0.15) is 18.2 Å². The van der Waals surface area contributed by atoms with Gasteiger partial charge in [0, 0.05) is 22.1 Å². The van der Waals surface area contributed by atoms with Gasteiger partial charge < -0.3 is 4.74 Å². The molecule has 0 aliphatic carbocycles. The van der Waals surface area contributed by atoms with Crippen LogP contribution in [0, 0.1) is 5.82 Å². The molecule has 0 saturated carbocycles. The Morgan fingerprint density at radius 2 is 1.69 bits per heavy atom. The lowest BCUT2D eigenvalue weighted by atomic mass is 10.1. The summed E-state index contributed by atoms with van der Waals surface area (Å²) in [5.74, 6) is 0.278. The largest absolute Gasteiger partial charge is 0.488 e. The first kappa shape index (κ1) is 17.3. The number of hydrogen-bond acceptors (Lipinski definition) is 2. The quantitative estimate of drug-likeness (QED) is 0.334. The Balaban J connectivity index is 1.53. The molecule has 0 N–H and O–H groups in total. The van der Waals surface area contributed by atoms with Crippen LogP contribution in [0.25, 0.3) is 10.1 Å². The number of halogens is 2. The number of hydrogen-bond donors (Lipinski definition) is 0. The molecule has 0 aliphatic heterocycles. The van der Waals surface area contributed by atoms with Gasteiger partial charge in [0.15, 0.2) is 0 Å². The Morgan fingerprint density at radius 3 is 2.50 bits per heavy atom. The molecule has 0 bridgehead atoms. The first-order chi connectivity index (χ1) is 12.7. The average molecular weight is 427 g/mol. The Morgan fingerprint density at radius 1 is 0.923 bits per heavy atom. The topological polar surface area (TPSA) is 9.23 Å². The maximum Gasteiger partial charge on any atom is 0.136 e. The summed E-state index contributed by atoms with van der Waals surface area (Å²) in [4.78, 5) is 1.15. The zero-order valence-corrected chi connectivity index (χ0v) is 16.3. The maximum absolute atomic E-state index is 14.6. The van der Waals surface area contributed by atoms with Crippen molar-refractivity contribution in [3.05, 3.63) is 99.1 Å². The van der Waals surface area contributed by atoms with Gasteiger partial charge in [0.25, 0.3) is 0 Å². The van der Waals surface area contributed by atoms with Crippen molar-refractivity contribution in [1.82, 2.24) is 0 Å². The second-order valence-electron chi connectivity index (χ2n) is 6.08. The van der Waals surface area contributed by atoms with E-state index in [2.05, 4.69) is 34.1 Å². The summed E-state index contributed by atoms with van der Waals surface area (Å²) in [6.07, 6.45) is 0.572. The van der Waals surface area contributed by atoms with E-state index in [1.807, 2.05) is 48.5 Å². The molecule has 0 spiro atoms. The van der Waals surface area contributed by atoms with E-state index in [9.17, 15) is 4.39 Å². The van der Waals surface area contributed by atoms with Gasteiger partial charge in [-0.25, -0.2) is 4.39 Å². The lowest BCUT2D eigenvalue weighted by molar-refractivity contribution is 0.302. The van der Waals surface area contributed by atoms with E-state index in [0.717, 1.165) is 14.9 Å². The predicted octanol–water partition coefficient (Wildman–Crippen LogP) is 6.97. The molecule has 1 nitrogen and oxygen atoms in total. The van der Waals surface area contributed by atoms with Crippen LogP contribution in [0.1, 0.15) is 16.0 Å². The number of benzene rings is 3. The zero-order chi connectivity index (χ0) is 17.9. The van der Waals surface area contributed by atoms with Crippen LogP contribution in [-0.2, 0) is 13.0 Å². The molecule has 0 radical (unpaired) electrons. The first-order valence-electron chi connectivity index (χ1n) is 8.31. The molecule has 0 aliphatic rings. The van der Waals surface area contributed by atoms with E-state index < -0.39 is 0 Å². The van der Waals surface area contributed by atoms with Crippen LogP contribution in [0.4, 0.5) is 4.39 Å². The van der Waals surface area contributed by atoms with Crippen LogP contribution in [0.15, 0.2) is 77.3 Å². The summed E-state index contributed by atoms with van der Waals surface area (Å²) in [5, 5.41) is 1.20. The van der Waals surface area contributed by atoms with Crippen LogP contribution in [0.5, 0.6) is 5.75 Å². The van der Waals surface area contributed by atoms with Crippen LogP contribution in [0.3, 0.4) is 0 Å². The molecule has 0 saturated heterocycles. The van der Waals surface area contributed by atoms with Gasteiger partial charge in [0.05, 0.1) is 4.47 Å². The van der Waals surface area contributed by atoms with E-state index in [4.69, 9.17) is 4.74 Å². The minimum Gasteiger partial charge on any atom is -0.488 e. The lowest BCUT2D eigenvalue weighted by Crippen LogP contribution is -1.98. The fourth-order valence-electron chi connectivity index (χ4n) is 2.86. The molecule has 4 heteroatoms. The van der Waals surface area contributed by atoms with Crippen LogP contribution < -0.4 is 4.74 Å². The van der Waals surface area contributed by atoms with Gasteiger partial charge in [0.2, 0.25) is 0 Å². The summed E-state index contributed by atoms with van der Waals surface area (Å²) in [5.41, 5.74) is 1.71. The van der Waals surface area contributed by atoms with E-state index >= 15 is 0 Å². The maximum atomic E-state index is 14.6. The molecule has 0 atom stereocenters. The molecular weight excluding hydrogens is 411 g/mol. The highest BCUT2D eigenvalue weighted by Crippen LogP contribution is 2.32. The van der Waals surface area contributed by atoms with E-state index in [1.165, 1.54) is 16.2 Å². The molecule has 26 heavy (non-hydrogen) atoms. The fourth-order valence-corrected chi connectivity index (χ4v) is 4.46. The molecule has 1 aromatic heterocycles. The number of fused-ring (bicyclic) bond motifs is 1. The highest BCUT2D eigenvalue weighted by atomic mass is 79.9. The minimum absolute atomic E-state index is 0.242. The van der Waals surface area contributed by atoms with Crippen molar-refractivity contribution in [1.29, 1.82) is 0 Å². The Labute approximate surface area is 164 Å². The van der Waals surface area contributed by atoms with Crippen LogP contribution >= 0.6 is 27.3 Å². The van der Waals surface area contributed by atoms with Crippen molar-refractivity contribution < 1.29 is 9.13 Å². The molecule has 130 valence electrons. The number of thiophene rings is 1. The van der Waals surface area contributed by atoms with E-state index in [1.54, 1.807) is 11.3 Å². The number of ether oxygens (including phenoxy) is 1. The van der Waals surface area contributed by atoms with Gasteiger partial charge in [-0.1, -0.05) is 48.5 Å². The van der Waals surface area contributed by atoms with Crippen molar-refractivity contribution in [2.75, 3.05) is 0 Å². The minimum atomic E-state index is -0.242. The average Bonchev–Trinajstić information content (AvgIpc) is 3.06. The third-order valence-electron chi connectivity index (χ3n) is 4.18. The summed E-state index contributed by atoms with van der Waals surface area (Å²) in [6.45, 7) is 0.411. The fraction of sp³-hybridized carbons (Fsp3) is 0.0909. The molecule has 4 rings (SSSR count). The van der Waals surface area contributed by atoms with Gasteiger partial charge in [-0.15, -0.1) is 11.3 Å². The van der Waals surface area contributed by atoms with Gasteiger partial charge in [-0.05, 0) is 50.6 Å². The van der Waals surface area contributed by atoms with Gasteiger partial charge in [-0.2, -0.15) is 0 Å². The third-order valence-corrected chi connectivity index (χ3v) is 5.92. The second kappa shape index (κ2) is 7.60. The van der Waals surface area contributed by atoms with Crippen molar-refractivity contribution in [2.24, 2.45) is 0 Å². The van der Waals surface area contributed by atoms with Crippen molar-refractivity contribution in [2.45, 2.75) is 13.0 Å². The summed E-state index contributed by atoms with van der Waals surface area (Å²) in [7, 11) is 0. The molecule has 1 heterocycles. The van der Waals surface area contributed by atoms with Gasteiger partial charge >= 0.3 is 0 Å². The highest BCUT2D eigenvalue weighted by molar-refractivity contribution is 9.10. The molecular formula is C22H16BrFOS. The standard InChI is InChI=1S/C22H16BrFOS/c23-19-12-17(11-18-10-16-8-4-5-9-22(16)26-18)20(24)13-21(19)25-14-15-6-2-1-3-7-15/h1-10,12-13H,11,14H2. The smallest absolute Gasteiger partial charge is 0.136 e. The molecule has 4 aromatic rings. The van der Waals surface area contributed by atoms with Crippen molar-refractivity contribution in [3.8, 4) is 5.75 Å². The molecule has 0 fully saturated rings. The van der Waals surface area contributed by atoms with E-state index in [0.29, 0.717) is 24.3 Å². The Kier molecular flexibility index (Phi) is 5.05. The monoisotopic (exact) mass is 426 g/mol. The third kappa shape index (κ3) is 3.81. The van der Waals surface area contributed by atoms with Gasteiger partial charge in [-0.3, -0.25) is 0 Å². The molecule has 3 aromatic carbocycles. The molecule has 0 amide bonds.